The van der Waals surface area contributed by atoms with E-state index in [0.717, 1.165) is 0 Å². The van der Waals surface area contributed by atoms with Crippen molar-refractivity contribution in [2.45, 2.75) is 25.8 Å². The molecule has 1 rings (SSSR count). The molecular formula is C9H14ClNO3. The topological polar surface area (TPSA) is 57.6 Å². The molecule has 1 aliphatic rings. The molecule has 80 valence electrons. The lowest BCUT2D eigenvalue weighted by atomic mass is 10.1. The van der Waals surface area contributed by atoms with E-state index in [9.17, 15) is 9.59 Å². The Morgan fingerprint density at radius 1 is 1.79 bits per heavy atom. The highest BCUT2D eigenvalue weighted by Crippen LogP contribution is 2.22. The first kappa shape index (κ1) is 11.3. The molecule has 1 N–H and O–H groups in total. The third-order valence-corrected chi connectivity index (χ3v) is 2.90. The van der Waals surface area contributed by atoms with Crippen molar-refractivity contribution in [1.82, 2.24) is 4.90 Å². The van der Waals surface area contributed by atoms with E-state index in [1.54, 1.807) is 11.8 Å². The number of aliphatic carboxylic acids is 1. The van der Waals surface area contributed by atoms with Crippen molar-refractivity contribution in [3.05, 3.63) is 0 Å². The number of rotatable bonds is 4. The van der Waals surface area contributed by atoms with Gasteiger partial charge in [-0.05, 0) is 12.8 Å². The number of halogens is 1. The van der Waals surface area contributed by atoms with Gasteiger partial charge in [0.25, 0.3) is 0 Å². The molecule has 0 aromatic heterocycles. The highest BCUT2D eigenvalue weighted by molar-refractivity contribution is 6.18. The van der Waals surface area contributed by atoms with E-state index in [-0.39, 0.29) is 24.3 Å². The maximum absolute atomic E-state index is 11.4. The quantitative estimate of drug-likeness (QED) is 0.716. The van der Waals surface area contributed by atoms with Gasteiger partial charge in [-0.3, -0.25) is 9.59 Å². The number of carbonyl (C=O) groups is 2. The Bertz CT molecular complexity index is 244. The van der Waals surface area contributed by atoms with Crippen molar-refractivity contribution in [2.75, 3.05) is 12.4 Å². The van der Waals surface area contributed by atoms with Crippen molar-refractivity contribution >= 4 is 23.5 Å². The van der Waals surface area contributed by atoms with E-state index in [2.05, 4.69) is 0 Å². The van der Waals surface area contributed by atoms with Crippen molar-refractivity contribution in [2.24, 2.45) is 5.92 Å². The molecule has 14 heavy (non-hydrogen) atoms. The van der Waals surface area contributed by atoms with Gasteiger partial charge in [0, 0.05) is 24.9 Å². The van der Waals surface area contributed by atoms with Crippen LogP contribution in [0.5, 0.6) is 0 Å². The lowest BCUT2D eigenvalue weighted by Crippen LogP contribution is -2.36. The summed E-state index contributed by atoms with van der Waals surface area (Å²) in [7, 11) is 0. The van der Waals surface area contributed by atoms with Crippen LogP contribution in [0, 0.1) is 5.92 Å². The summed E-state index contributed by atoms with van der Waals surface area (Å²) in [6.07, 6.45) is 0.453. The normalized spacial score (nSPS) is 24.0. The molecule has 0 aromatic carbocycles. The van der Waals surface area contributed by atoms with Gasteiger partial charge < -0.3 is 10.0 Å². The first-order valence-corrected chi connectivity index (χ1v) is 5.15. The fourth-order valence-electron chi connectivity index (χ4n) is 1.70. The number of nitrogens with zero attached hydrogens (tertiary/aromatic N) is 1. The van der Waals surface area contributed by atoms with Gasteiger partial charge in [0.15, 0.2) is 0 Å². The maximum Gasteiger partial charge on any atom is 0.305 e. The SMILES string of the molecule is CC(CC(=O)O)N1CC(CCl)CC1=O. The predicted molar refractivity (Wildman–Crippen MR) is 52.3 cm³/mol. The van der Waals surface area contributed by atoms with Gasteiger partial charge in [0.2, 0.25) is 5.91 Å². The van der Waals surface area contributed by atoms with E-state index >= 15 is 0 Å². The molecule has 0 aliphatic carbocycles. The summed E-state index contributed by atoms with van der Waals surface area (Å²) < 4.78 is 0. The van der Waals surface area contributed by atoms with Gasteiger partial charge in [-0.2, -0.15) is 0 Å². The van der Waals surface area contributed by atoms with Crippen LogP contribution >= 0.6 is 11.6 Å². The molecule has 1 fully saturated rings. The molecule has 0 radical (unpaired) electrons. The van der Waals surface area contributed by atoms with Crippen molar-refractivity contribution < 1.29 is 14.7 Å². The van der Waals surface area contributed by atoms with Gasteiger partial charge in [0.1, 0.15) is 0 Å². The van der Waals surface area contributed by atoms with E-state index in [1.807, 2.05) is 0 Å². The fourth-order valence-corrected chi connectivity index (χ4v) is 1.91. The molecule has 1 heterocycles. The summed E-state index contributed by atoms with van der Waals surface area (Å²) in [5, 5.41) is 8.59. The Kier molecular flexibility index (Phi) is 3.75. The highest BCUT2D eigenvalue weighted by Gasteiger charge is 2.32. The van der Waals surface area contributed by atoms with Crippen molar-refractivity contribution in [3.8, 4) is 0 Å². The number of carboxylic acid groups (broad SMARTS) is 1. The zero-order valence-corrected chi connectivity index (χ0v) is 8.83. The first-order chi connectivity index (χ1) is 6.54. The maximum atomic E-state index is 11.4. The molecule has 2 atom stereocenters. The summed E-state index contributed by atoms with van der Waals surface area (Å²) in [4.78, 5) is 23.5. The van der Waals surface area contributed by atoms with E-state index < -0.39 is 5.97 Å². The number of alkyl halides is 1. The van der Waals surface area contributed by atoms with Gasteiger partial charge in [-0.15, -0.1) is 11.6 Å². The van der Waals surface area contributed by atoms with Crippen LogP contribution in [-0.2, 0) is 9.59 Å². The Balaban J connectivity index is 2.52. The fraction of sp³-hybridized carbons (Fsp3) is 0.778. The lowest BCUT2D eigenvalue weighted by Gasteiger charge is -2.23. The second-order valence-corrected chi connectivity index (χ2v) is 4.03. The summed E-state index contributed by atoms with van der Waals surface area (Å²) >= 11 is 5.65. The summed E-state index contributed by atoms with van der Waals surface area (Å²) in [5.41, 5.74) is 0. The van der Waals surface area contributed by atoms with Crippen LogP contribution in [0.3, 0.4) is 0 Å². The smallest absolute Gasteiger partial charge is 0.305 e. The van der Waals surface area contributed by atoms with E-state index in [0.29, 0.717) is 18.8 Å². The van der Waals surface area contributed by atoms with Gasteiger partial charge in [-0.25, -0.2) is 0 Å². The van der Waals surface area contributed by atoms with Crippen LogP contribution in [0.25, 0.3) is 0 Å². The molecule has 0 aromatic rings. The Morgan fingerprint density at radius 3 is 2.86 bits per heavy atom. The molecule has 2 unspecified atom stereocenters. The third kappa shape index (κ3) is 2.61. The number of carbonyl (C=O) groups excluding carboxylic acids is 1. The molecule has 5 heteroatoms. The molecule has 0 saturated carbocycles. The molecule has 1 aliphatic heterocycles. The third-order valence-electron chi connectivity index (χ3n) is 2.46. The minimum absolute atomic E-state index is 0.000740. The number of carboxylic acids is 1. The number of hydrogen-bond donors (Lipinski definition) is 1. The molecule has 1 saturated heterocycles. The van der Waals surface area contributed by atoms with Crippen LogP contribution in [0.4, 0.5) is 0 Å². The largest absolute Gasteiger partial charge is 0.481 e. The zero-order chi connectivity index (χ0) is 10.7. The monoisotopic (exact) mass is 219 g/mol. The molecule has 1 amide bonds. The van der Waals surface area contributed by atoms with E-state index in [4.69, 9.17) is 16.7 Å². The highest BCUT2D eigenvalue weighted by atomic mass is 35.5. The van der Waals surface area contributed by atoms with Crippen LogP contribution in [-0.4, -0.2) is 40.3 Å². The first-order valence-electron chi connectivity index (χ1n) is 4.61. The average Bonchev–Trinajstić information content (AvgIpc) is 2.45. The number of amides is 1. The molecular weight excluding hydrogens is 206 g/mol. The molecule has 0 bridgehead atoms. The number of likely N-dealkylation sites (tertiary alicyclic amines) is 1. The molecule has 0 spiro atoms. The summed E-state index contributed by atoms with van der Waals surface area (Å²) in [6, 6.07) is -0.229. The minimum Gasteiger partial charge on any atom is -0.481 e. The standard InChI is InChI=1S/C9H14ClNO3/c1-6(2-9(13)14)11-5-7(4-10)3-8(11)12/h6-7H,2-5H2,1H3,(H,13,14). The van der Waals surface area contributed by atoms with Crippen molar-refractivity contribution in [1.29, 1.82) is 0 Å². The Labute approximate surface area is 87.8 Å². The van der Waals surface area contributed by atoms with Crippen LogP contribution < -0.4 is 0 Å². The van der Waals surface area contributed by atoms with Gasteiger partial charge in [-0.1, -0.05) is 0 Å². The van der Waals surface area contributed by atoms with Crippen LogP contribution in [0.1, 0.15) is 19.8 Å². The minimum atomic E-state index is -0.875. The summed E-state index contributed by atoms with van der Waals surface area (Å²) in [5.74, 6) is -0.216. The van der Waals surface area contributed by atoms with Gasteiger partial charge in [0.05, 0.1) is 6.42 Å². The Hall–Kier alpha value is -0.770. The second kappa shape index (κ2) is 4.64. The van der Waals surface area contributed by atoms with Crippen LogP contribution in [0.15, 0.2) is 0 Å². The van der Waals surface area contributed by atoms with Gasteiger partial charge >= 0.3 is 5.97 Å². The lowest BCUT2D eigenvalue weighted by molar-refractivity contribution is -0.139. The molecule has 4 nitrogen and oxygen atoms in total. The second-order valence-electron chi connectivity index (χ2n) is 3.72. The zero-order valence-electron chi connectivity index (χ0n) is 8.07. The predicted octanol–water partition coefficient (Wildman–Crippen LogP) is 0.937. The van der Waals surface area contributed by atoms with Crippen molar-refractivity contribution in [3.63, 3.8) is 0 Å². The summed E-state index contributed by atoms with van der Waals surface area (Å²) in [6.45, 7) is 2.35. The van der Waals surface area contributed by atoms with E-state index in [1.165, 1.54) is 0 Å². The Morgan fingerprint density at radius 2 is 2.43 bits per heavy atom. The average molecular weight is 220 g/mol. The number of hydrogen-bond acceptors (Lipinski definition) is 2. The van der Waals surface area contributed by atoms with Crippen LogP contribution in [0.2, 0.25) is 0 Å².